The molecule has 0 saturated carbocycles. The van der Waals surface area contributed by atoms with Crippen LogP contribution in [0.5, 0.6) is 0 Å². The van der Waals surface area contributed by atoms with Crippen LogP contribution in [0.4, 0.5) is 0 Å². The standard InChI is InChI=1S/C40H21N3S2/c1-2-11-25-23(9-1)24-10-3-4-12-26(24)30-19-22(17-18-27(25)30)43-32-15-7-5-13-28(32)34-37(43)35-29-14-6-8-16-33(29)44-38(35)36-31-20-41-21-42-40(31)45-39(34)36/h1-21H. The van der Waals surface area contributed by atoms with Gasteiger partial charge in [0.2, 0.25) is 0 Å². The van der Waals surface area contributed by atoms with E-state index in [1.807, 2.05) is 17.5 Å². The molecule has 3 nitrogen and oxygen atoms in total. The Kier molecular flexibility index (Phi) is 4.61. The van der Waals surface area contributed by atoms with E-state index >= 15 is 0 Å². The summed E-state index contributed by atoms with van der Waals surface area (Å²) < 4.78 is 6.41. The summed E-state index contributed by atoms with van der Waals surface area (Å²) in [5, 5.41) is 15.3. The van der Waals surface area contributed by atoms with Crippen molar-refractivity contribution in [2.75, 3.05) is 0 Å². The van der Waals surface area contributed by atoms with Crippen LogP contribution in [0.1, 0.15) is 0 Å². The number of benzene rings is 7. The Balaban J connectivity index is 1.40. The molecule has 4 heterocycles. The quantitative estimate of drug-likeness (QED) is 0.174. The minimum Gasteiger partial charge on any atom is -0.308 e. The van der Waals surface area contributed by atoms with Crippen LogP contribution in [0.25, 0.3) is 100 Å². The van der Waals surface area contributed by atoms with Gasteiger partial charge < -0.3 is 4.57 Å². The van der Waals surface area contributed by atoms with E-state index in [-0.39, 0.29) is 0 Å². The first-order valence-electron chi connectivity index (χ1n) is 15.1. The van der Waals surface area contributed by atoms with Crippen molar-refractivity contribution >= 4 is 117 Å². The van der Waals surface area contributed by atoms with Crippen molar-refractivity contribution in [2.45, 2.75) is 0 Å². The summed E-state index contributed by atoms with van der Waals surface area (Å²) in [5.74, 6) is 0. The summed E-state index contributed by atoms with van der Waals surface area (Å²) in [7, 11) is 0. The Hall–Kier alpha value is -5.36. The maximum atomic E-state index is 4.72. The SMILES string of the molecule is c1ccc2c(c1)sc1c3c4cncnc4sc3c3c4ccccc4n(-c4ccc5c6ccccc6c6ccccc6c5c4)c3c21. The van der Waals surface area contributed by atoms with E-state index < -0.39 is 0 Å². The number of hydrogen-bond donors (Lipinski definition) is 0. The second-order valence-electron chi connectivity index (χ2n) is 11.7. The molecule has 4 aromatic heterocycles. The first kappa shape index (κ1) is 24.0. The number of thiophene rings is 2. The number of hydrogen-bond acceptors (Lipinski definition) is 4. The Bertz CT molecular complexity index is 2990. The molecule has 0 N–H and O–H groups in total. The van der Waals surface area contributed by atoms with Gasteiger partial charge in [-0.3, -0.25) is 0 Å². The van der Waals surface area contributed by atoms with E-state index in [1.54, 1.807) is 17.7 Å². The normalized spacial score (nSPS) is 12.4. The number of nitrogens with zero attached hydrogens (tertiary/aromatic N) is 3. The van der Waals surface area contributed by atoms with Gasteiger partial charge in [-0.25, -0.2) is 9.97 Å². The van der Waals surface area contributed by atoms with Gasteiger partial charge in [-0.05, 0) is 56.6 Å². The van der Waals surface area contributed by atoms with Crippen molar-refractivity contribution < 1.29 is 0 Å². The van der Waals surface area contributed by atoms with E-state index in [0.717, 1.165) is 10.2 Å². The topological polar surface area (TPSA) is 30.7 Å². The monoisotopic (exact) mass is 607 g/mol. The molecule has 0 aliphatic heterocycles. The van der Waals surface area contributed by atoms with E-state index in [1.165, 1.54) is 90.1 Å². The zero-order valence-electron chi connectivity index (χ0n) is 23.8. The molecule has 0 unspecified atom stereocenters. The van der Waals surface area contributed by atoms with Gasteiger partial charge in [0.1, 0.15) is 11.2 Å². The first-order valence-corrected chi connectivity index (χ1v) is 16.7. The van der Waals surface area contributed by atoms with Crippen LogP contribution in [-0.2, 0) is 0 Å². The predicted octanol–water partition coefficient (Wildman–Crippen LogP) is 11.8. The van der Waals surface area contributed by atoms with Crippen molar-refractivity contribution in [3.8, 4) is 5.69 Å². The van der Waals surface area contributed by atoms with Crippen LogP contribution in [0.15, 0.2) is 128 Å². The molecule has 0 spiro atoms. The summed E-state index contributed by atoms with van der Waals surface area (Å²) in [6, 6.07) is 42.4. The van der Waals surface area contributed by atoms with Crippen LogP contribution >= 0.6 is 22.7 Å². The van der Waals surface area contributed by atoms with E-state index in [4.69, 9.17) is 4.98 Å². The number of fused-ring (bicyclic) bond motifs is 18. The van der Waals surface area contributed by atoms with Gasteiger partial charge in [-0.15, -0.1) is 22.7 Å². The molecule has 0 aliphatic rings. The van der Waals surface area contributed by atoms with Gasteiger partial charge in [-0.1, -0.05) is 91.0 Å². The molecule has 0 saturated heterocycles. The van der Waals surface area contributed by atoms with Gasteiger partial charge in [0.15, 0.2) is 0 Å². The summed E-state index contributed by atoms with van der Waals surface area (Å²) >= 11 is 3.67. The lowest BCUT2D eigenvalue weighted by Gasteiger charge is -2.14. The summed E-state index contributed by atoms with van der Waals surface area (Å²) in [6.45, 7) is 0. The van der Waals surface area contributed by atoms with Crippen molar-refractivity contribution in [3.63, 3.8) is 0 Å². The van der Waals surface area contributed by atoms with Crippen LogP contribution < -0.4 is 0 Å². The zero-order chi connectivity index (χ0) is 29.2. The van der Waals surface area contributed by atoms with Gasteiger partial charge in [0.25, 0.3) is 0 Å². The molecule has 11 rings (SSSR count). The fourth-order valence-electron chi connectivity index (χ4n) is 7.71. The van der Waals surface area contributed by atoms with Gasteiger partial charge in [0, 0.05) is 58.3 Å². The molecule has 208 valence electrons. The van der Waals surface area contributed by atoms with Crippen LogP contribution in [0.3, 0.4) is 0 Å². The fraction of sp³-hybridized carbons (Fsp3) is 0. The molecule has 0 aliphatic carbocycles. The molecule has 0 bridgehead atoms. The minimum absolute atomic E-state index is 1.03. The lowest BCUT2D eigenvalue weighted by molar-refractivity contribution is 1.19. The Morgan fingerprint density at radius 1 is 0.489 bits per heavy atom. The van der Waals surface area contributed by atoms with Crippen molar-refractivity contribution in [1.29, 1.82) is 0 Å². The minimum atomic E-state index is 1.03. The van der Waals surface area contributed by atoms with Gasteiger partial charge in [-0.2, -0.15) is 0 Å². The summed E-state index contributed by atoms with van der Waals surface area (Å²) in [6.07, 6.45) is 3.66. The zero-order valence-corrected chi connectivity index (χ0v) is 25.4. The molecule has 0 radical (unpaired) electrons. The van der Waals surface area contributed by atoms with Gasteiger partial charge >= 0.3 is 0 Å². The molecule has 5 heteroatoms. The van der Waals surface area contributed by atoms with E-state index in [2.05, 4.69) is 125 Å². The molecular formula is C40H21N3S2. The fourth-order valence-corrected chi connectivity index (χ4v) is 10.2. The van der Waals surface area contributed by atoms with E-state index in [9.17, 15) is 0 Å². The molecule has 45 heavy (non-hydrogen) atoms. The average Bonchev–Trinajstić information content (AvgIpc) is 3.78. The molecule has 0 amide bonds. The molecule has 11 aromatic rings. The Morgan fingerprint density at radius 2 is 1.09 bits per heavy atom. The maximum absolute atomic E-state index is 4.72. The highest BCUT2D eigenvalue weighted by molar-refractivity contribution is 7.30. The predicted molar refractivity (Wildman–Crippen MR) is 195 cm³/mol. The lowest BCUT2D eigenvalue weighted by Crippen LogP contribution is -1.95. The second kappa shape index (κ2) is 8.63. The number of para-hydroxylation sites is 1. The Labute approximate surface area is 264 Å². The second-order valence-corrected chi connectivity index (χ2v) is 13.8. The van der Waals surface area contributed by atoms with Crippen LogP contribution in [0, 0.1) is 0 Å². The molecule has 0 atom stereocenters. The van der Waals surface area contributed by atoms with Crippen molar-refractivity contribution in [1.82, 2.24) is 14.5 Å². The largest absolute Gasteiger partial charge is 0.308 e. The van der Waals surface area contributed by atoms with Crippen molar-refractivity contribution in [2.24, 2.45) is 0 Å². The molecule has 0 fully saturated rings. The Morgan fingerprint density at radius 3 is 1.87 bits per heavy atom. The number of aromatic nitrogens is 3. The first-order chi connectivity index (χ1) is 22.3. The third kappa shape index (κ3) is 3.04. The maximum Gasteiger partial charge on any atom is 0.127 e. The van der Waals surface area contributed by atoms with Crippen molar-refractivity contribution in [3.05, 3.63) is 128 Å². The van der Waals surface area contributed by atoms with E-state index in [0.29, 0.717) is 0 Å². The molecule has 7 aromatic carbocycles. The lowest BCUT2D eigenvalue weighted by atomic mass is 9.94. The smallest absolute Gasteiger partial charge is 0.127 e. The summed E-state index contributed by atoms with van der Waals surface area (Å²) in [4.78, 5) is 10.2. The highest BCUT2D eigenvalue weighted by atomic mass is 32.1. The highest BCUT2D eigenvalue weighted by Crippen LogP contribution is 2.51. The third-order valence-corrected chi connectivity index (χ3v) is 11.8. The molecular weight excluding hydrogens is 587 g/mol. The third-order valence-electron chi connectivity index (χ3n) is 9.52. The van der Waals surface area contributed by atoms with Crippen LogP contribution in [0.2, 0.25) is 0 Å². The van der Waals surface area contributed by atoms with Gasteiger partial charge in [0.05, 0.1) is 11.0 Å². The highest BCUT2D eigenvalue weighted by Gasteiger charge is 2.25. The average molecular weight is 608 g/mol. The van der Waals surface area contributed by atoms with Crippen LogP contribution in [-0.4, -0.2) is 14.5 Å². The summed E-state index contributed by atoms with van der Waals surface area (Å²) in [5.41, 5.74) is 3.65. The number of rotatable bonds is 1.